The molecule has 2 fully saturated rings. The van der Waals surface area contributed by atoms with E-state index < -0.39 is 0 Å². The number of hydrogen-bond donors (Lipinski definition) is 1. The molecular formula is C17H30N4. The zero-order valence-electron chi connectivity index (χ0n) is 14.2. The molecule has 0 saturated carbocycles. The van der Waals surface area contributed by atoms with Crippen LogP contribution >= 0.6 is 0 Å². The van der Waals surface area contributed by atoms with Gasteiger partial charge in [-0.15, -0.1) is 0 Å². The molecule has 0 radical (unpaired) electrons. The van der Waals surface area contributed by atoms with Crippen molar-refractivity contribution in [1.82, 2.24) is 20.0 Å². The van der Waals surface area contributed by atoms with Gasteiger partial charge in [-0.3, -0.25) is 4.68 Å². The second-order valence-corrected chi connectivity index (χ2v) is 7.23. The van der Waals surface area contributed by atoms with Crippen LogP contribution in [0, 0.1) is 19.8 Å². The maximum Gasteiger partial charge on any atom is 0.0644 e. The van der Waals surface area contributed by atoms with Crippen molar-refractivity contribution >= 4 is 0 Å². The van der Waals surface area contributed by atoms with Gasteiger partial charge in [0.15, 0.2) is 0 Å². The number of nitrogens with zero attached hydrogens (tertiary/aromatic N) is 3. The summed E-state index contributed by atoms with van der Waals surface area (Å²) < 4.78 is 2.00. The Kier molecular flexibility index (Phi) is 4.10. The van der Waals surface area contributed by atoms with Gasteiger partial charge >= 0.3 is 0 Å². The van der Waals surface area contributed by atoms with E-state index in [1.54, 1.807) is 0 Å². The molecule has 21 heavy (non-hydrogen) atoms. The van der Waals surface area contributed by atoms with Crippen LogP contribution in [0.25, 0.3) is 0 Å². The lowest BCUT2D eigenvalue weighted by Gasteiger charge is -2.36. The molecule has 0 aliphatic carbocycles. The molecule has 2 aliphatic rings. The molecular weight excluding hydrogens is 260 g/mol. The summed E-state index contributed by atoms with van der Waals surface area (Å²) >= 11 is 0. The Labute approximate surface area is 128 Å². The van der Waals surface area contributed by atoms with Crippen molar-refractivity contribution in [3.8, 4) is 0 Å². The van der Waals surface area contributed by atoms with E-state index in [4.69, 9.17) is 0 Å². The smallest absolute Gasteiger partial charge is 0.0644 e. The lowest BCUT2D eigenvalue weighted by Crippen LogP contribution is -2.42. The first kappa shape index (κ1) is 15.0. The molecule has 2 saturated heterocycles. The van der Waals surface area contributed by atoms with E-state index in [-0.39, 0.29) is 0 Å². The molecule has 118 valence electrons. The van der Waals surface area contributed by atoms with Gasteiger partial charge in [-0.2, -0.15) is 5.10 Å². The third-order valence-electron chi connectivity index (χ3n) is 5.91. The molecule has 0 amide bonds. The summed E-state index contributed by atoms with van der Waals surface area (Å²) in [6, 6.07) is 2.08. The van der Waals surface area contributed by atoms with Gasteiger partial charge in [0.2, 0.25) is 0 Å². The van der Waals surface area contributed by atoms with E-state index in [9.17, 15) is 0 Å². The first-order valence-corrected chi connectivity index (χ1v) is 8.42. The highest BCUT2D eigenvalue weighted by atomic mass is 15.3. The van der Waals surface area contributed by atoms with Crippen LogP contribution < -0.4 is 5.32 Å². The van der Waals surface area contributed by atoms with Gasteiger partial charge in [0.1, 0.15) is 0 Å². The van der Waals surface area contributed by atoms with Crippen LogP contribution in [0.1, 0.15) is 55.6 Å². The Hall–Kier alpha value is -0.870. The Morgan fingerprint density at radius 3 is 2.33 bits per heavy atom. The van der Waals surface area contributed by atoms with Crippen LogP contribution in [0.5, 0.6) is 0 Å². The van der Waals surface area contributed by atoms with Crippen LogP contribution in [0.15, 0.2) is 0 Å². The molecule has 3 unspecified atom stereocenters. The fourth-order valence-corrected chi connectivity index (χ4v) is 4.55. The summed E-state index contributed by atoms with van der Waals surface area (Å²) in [5.74, 6) is 0.846. The highest BCUT2D eigenvalue weighted by Crippen LogP contribution is 2.37. The molecule has 1 N–H and O–H groups in total. The Balaban J connectivity index is 1.58. The molecule has 0 spiro atoms. The monoisotopic (exact) mass is 290 g/mol. The van der Waals surface area contributed by atoms with E-state index in [0.29, 0.717) is 6.04 Å². The Morgan fingerprint density at radius 1 is 1.19 bits per heavy atom. The van der Waals surface area contributed by atoms with Crippen molar-refractivity contribution < 1.29 is 0 Å². The van der Waals surface area contributed by atoms with Crippen LogP contribution in [0.3, 0.4) is 0 Å². The van der Waals surface area contributed by atoms with Crippen molar-refractivity contribution in [2.45, 2.75) is 64.6 Å². The minimum absolute atomic E-state index is 0.399. The fraction of sp³-hybridized carbons (Fsp3) is 0.824. The summed E-state index contributed by atoms with van der Waals surface area (Å²) in [4.78, 5) is 2.62. The number of rotatable bonds is 4. The van der Waals surface area contributed by atoms with Crippen molar-refractivity contribution in [1.29, 1.82) is 0 Å². The quantitative estimate of drug-likeness (QED) is 0.925. The first-order valence-electron chi connectivity index (χ1n) is 8.42. The van der Waals surface area contributed by atoms with E-state index in [1.807, 2.05) is 11.7 Å². The lowest BCUT2D eigenvalue weighted by molar-refractivity contribution is 0.131. The molecule has 4 nitrogen and oxygen atoms in total. The van der Waals surface area contributed by atoms with Crippen LogP contribution in [-0.2, 0) is 7.05 Å². The number of aromatic nitrogens is 2. The zero-order chi connectivity index (χ0) is 15.1. The van der Waals surface area contributed by atoms with Gasteiger partial charge in [0.05, 0.1) is 5.69 Å². The molecule has 1 aromatic heterocycles. The van der Waals surface area contributed by atoms with E-state index in [2.05, 4.69) is 43.1 Å². The maximum atomic E-state index is 4.54. The predicted octanol–water partition coefficient (Wildman–Crippen LogP) is 2.56. The number of hydrogen-bond acceptors (Lipinski definition) is 3. The van der Waals surface area contributed by atoms with E-state index in [1.165, 1.54) is 42.6 Å². The normalized spacial score (nSPS) is 30.8. The predicted molar refractivity (Wildman–Crippen MR) is 86.4 cm³/mol. The number of piperidine rings is 1. The van der Waals surface area contributed by atoms with Crippen LogP contribution in [0.4, 0.5) is 0 Å². The van der Waals surface area contributed by atoms with E-state index in [0.717, 1.165) is 24.5 Å². The summed E-state index contributed by atoms with van der Waals surface area (Å²) in [5.41, 5.74) is 3.84. The molecule has 3 heterocycles. The second-order valence-electron chi connectivity index (χ2n) is 7.23. The maximum absolute atomic E-state index is 4.54. The average molecular weight is 290 g/mol. The van der Waals surface area contributed by atoms with Gasteiger partial charge in [-0.05, 0) is 66.0 Å². The number of nitrogens with one attached hydrogen (secondary N) is 1. The van der Waals surface area contributed by atoms with Gasteiger partial charge in [0, 0.05) is 36.4 Å². The minimum atomic E-state index is 0.399. The first-order chi connectivity index (χ1) is 9.97. The molecule has 3 rings (SSSR count). The van der Waals surface area contributed by atoms with E-state index >= 15 is 0 Å². The molecule has 1 aromatic rings. The molecule has 0 aromatic carbocycles. The fourth-order valence-electron chi connectivity index (χ4n) is 4.55. The highest BCUT2D eigenvalue weighted by Gasteiger charge is 2.38. The molecule has 4 heteroatoms. The zero-order valence-corrected chi connectivity index (χ0v) is 14.2. The van der Waals surface area contributed by atoms with Crippen molar-refractivity contribution in [3.63, 3.8) is 0 Å². The van der Waals surface area contributed by atoms with Crippen molar-refractivity contribution in [2.24, 2.45) is 13.0 Å². The summed E-state index contributed by atoms with van der Waals surface area (Å²) in [6.45, 7) is 7.72. The van der Waals surface area contributed by atoms with Gasteiger partial charge in [0.25, 0.3) is 0 Å². The Morgan fingerprint density at radius 2 is 1.81 bits per heavy atom. The Bertz CT molecular complexity index is 493. The minimum Gasteiger partial charge on any atom is -0.310 e. The molecule has 2 aliphatic heterocycles. The highest BCUT2D eigenvalue weighted by molar-refractivity contribution is 5.27. The number of fused-ring (bicyclic) bond motifs is 2. The lowest BCUT2D eigenvalue weighted by atomic mass is 9.90. The van der Waals surface area contributed by atoms with Crippen LogP contribution in [-0.4, -0.2) is 40.4 Å². The van der Waals surface area contributed by atoms with Gasteiger partial charge < -0.3 is 10.2 Å². The van der Waals surface area contributed by atoms with Crippen LogP contribution in [0.2, 0.25) is 0 Å². The number of aryl methyl sites for hydroxylation is 2. The van der Waals surface area contributed by atoms with Crippen molar-refractivity contribution in [3.05, 3.63) is 17.0 Å². The standard InChI is InChI=1S/C17H30N4/c1-11(17-12(2)19-21(5)13(17)3)18-10-14-8-15-6-7-16(9-14)20(15)4/h11,14-16,18H,6-10H2,1-5H3. The third-order valence-corrected chi connectivity index (χ3v) is 5.91. The summed E-state index contributed by atoms with van der Waals surface area (Å²) in [5, 5.41) is 8.32. The summed E-state index contributed by atoms with van der Waals surface area (Å²) in [6.07, 6.45) is 5.57. The average Bonchev–Trinajstić information content (AvgIpc) is 2.81. The third kappa shape index (κ3) is 2.76. The van der Waals surface area contributed by atoms with Crippen molar-refractivity contribution in [2.75, 3.05) is 13.6 Å². The summed E-state index contributed by atoms with van der Waals surface area (Å²) in [7, 11) is 4.35. The molecule has 3 atom stereocenters. The topological polar surface area (TPSA) is 33.1 Å². The SMILES string of the molecule is Cc1nn(C)c(C)c1C(C)NCC1CC2CCC(C1)N2C. The van der Waals surface area contributed by atoms with Gasteiger partial charge in [-0.1, -0.05) is 0 Å². The second kappa shape index (κ2) is 5.73. The molecule has 2 bridgehead atoms. The largest absolute Gasteiger partial charge is 0.310 e. The van der Waals surface area contributed by atoms with Gasteiger partial charge in [-0.25, -0.2) is 0 Å².